The molecule has 1 saturated heterocycles. The lowest BCUT2D eigenvalue weighted by molar-refractivity contribution is -0.128. The number of hydrogen-bond acceptors (Lipinski definition) is 2. The Morgan fingerprint density at radius 3 is 2.60 bits per heavy atom. The summed E-state index contributed by atoms with van der Waals surface area (Å²) in [6.45, 7) is 1.73. The molecule has 130 valence electrons. The normalized spacial score (nSPS) is 14.0. The molecule has 5 heteroatoms. The highest BCUT2D eigenvalue weighted by Gasteiger charge is 2.20. The van der Waals surface area contributed by atoms with Crippen LogP contribution in [0.2, 0.25) is 0 Å². The van der Waals surface area contributed by atoms with E-state index in [0.29, 0.717) is 25.1 Å². The van der Waals surface area contributed by atoms with Gasteiger partial charge in [-0.15, -0.1) is 0 Å². The number of halogens is 1. The predicted molar refractivity (Wildman–Crippen MR) is 93.3 cm³/mol. The number of likely N-dealkylation sites (tertiary alicyclic amines) is 1. The first-order chi connectivity index (χ1) is 12.0. The molecule has 0 bridgehead atoms. The number of rotatable bonds is 5. The van der Waals surface area contributed by atoms with Gasteiger partial charge in [-0.1, -0.05) is 24.3 Å². The van der Waals surface area contributed by atoms with Gasteiger partial charge in [0.15, 0.2) is 0 Å². The fourth-order valence-electron chi connectivity index (χ4n) is 3.05. The summed E-state index contributed by atoms with van der Waals surface area (Å²) in [5.41, 5.74) is 2.42. The Morgan fingerprint density at radius 2 is 1.92 bits per heavy atom. The highest BCUT2D eigenvalue weighted by atomic mass is 19.1. The average Bonchev–Trinajstić information content (AvgIpc) is 3.01. The first-order valence-electron chi connectivity index (χ1n) is 8.39. The van der Waals surface area contributed by atoms with Crippen LogP contribution in [0.3, 0.4) is 0 Å². The Kier molecular flexibility index (Phi) is 5.12. The van der Waals surface area contributed by atoms with Crippen molar-refractivity contribution in [3.05, 3.63) is 71.0 Å². The molecule has 0 spiro atoms. The molecule has 4 nitrogen and oxygen atoms in total. The van der Waals surface area contributed by atoms with Crippen LogP contribution in [0.5, 0.6) is 0 Å². The van der Waals surface area contributed by atoms with Crippen LogP contribution < -0.4 is 0 Å². The van der Waals surface area contributed by atoms with E-state index in [-0.39, 0.29) is 17.6 Å². The van der Waals surface area contributed by atoms with Crippen molar-refractivity contribution >= 4 is 11.8 Å². The molecule has 0 N–H and O–H groups in total. The van der Waals surface area contributed by atoms with Crippen LogP contribution in [0, 0.1) is 5.82 Å². The monoisotopic (exact) mass is 340 g/mol. The third kappa shape index (κ3) is 4.24. The van der Waals surface area contributed by atoms with Crippen molar-refractivity contribution in [3.8, 4) is 0 Å². The van der Waals surface area contributed by atoms with E-state index >= 15 is 0 Å². The van der Waals surface area contributed by atoms with Gasteiger partial charge in [-0.2, -0.15) is 0 Å². The van der Waals surface area contributed by atoms with Gasteiger partial charge in [0.2, 0.25) is 5.91 Å². The quantitative estimate of drug-likeness (QED) is 0.838. The number of benzene rings is 2. The first kappa shape index (κ1) is 17.1. The highest BCUT2D eigenvalue weighted by molar-refractivity contribution is 5.94. The zero-order valence-electron chi connectivity index (χ0n) is 14.2. The SMILES string of the molecule is CN(Cc1ccc(F)cc1)C(=O)c1cccc(CN2CCCC2=O)c1. The average molecular weight is 340 g/mol. The van der Waals surface area contributed by atoms with Crippen molar-refractivity contribution in [2.24, 2.45) is 0 Å². The molecule has 0 saturated carbocycles. The van der Waals surface area contributed by atoms with E-state index in [4.69, 9.17) is 0 Å². The van der Waals surface area contributed by atoms with Crippen LogP contribution in [-0.2, 0) is 17.9 Å². The van der Waals surface area contributed by atoms with E-state index in [1.165, 1.54) is 12.1 Å². The number of carbonyl (C=O) groups is 2. The Bertz CT molecular complexity index is 774. The third-order valence-electron chi connectivity index (χ3n) is 4.40. The Balaban J connectivity index is 1.67. The maximum absolute atomic E-state index is 13.0. The lowest BCUT2D eigenvalue weighted by Crippen LogP contribution is -2.27. The number of hydrogen-bond donors (Lipinski definition) is 0. The minimum Gasteiger partial charge on any atom is -0.338 e. The lowest BCUT2D eigenvalue weighted by atomic mass is 10.1. The van der Waals surface area contributed by atoms with Gasteiger partial charge in [-0.25, -0.2) is 4.39 Å². The van der Waals surface area contributed by atoms with Crippen LogP contribution in [-0.4, -0.2) is 35.2 Å². The third-order valence-corrected chi connectivity index (χ3v) is 4.40. The van der Waals surface area contributed by atoms with Crippen molar-refractivity contribution in [3.63, 3.8) is 0 Å². The zero-order chi connectivity index (χ0) is 17.8. The number of amides is 2. The molecule has 0 aromatic heterocycles. The van der Waals surface area contributed by atoms with Gasteiger partial charge in [0.25, 0.3) is 5.91 Å². The van der Waals surface area contributed by atoms with Gasteiger partial charge in [-0.05, 0) is 41.8 Å². The van der Waals surface area contributed by atoms with Crippen molar-refractivity contribution in [1.82, 2.24) is 9.80 Å². The van der Waals surface area contributed by atoms with Gasteiger partial charge in [0, 0.05) is 38.7 Å². The summed E-state index contributed by atoms with van der Waals surface area (Å²) in [5.74, 6) is -0.217. The topological polar surface area (TPSA) is 40.6 Å². The molecular weight excluding hydrogens is 319 g/mol. The molecular formula is C20H21FN2O2. The first-order valence-corrected chi connectivity index (χ1v) is 8.39. The molecule has 2 aromatic rings. The van der Waals surface area contributed by atoms with Crippen molar-refractivity contribution in [1.29, 1.82) is 0 Å². The number of carbonyl (C=O) groups excluding carboxylic acids is 2. The van der Waals surface area contributed by atoms with E-state index < -0.39 is 0 Å². The highest BCUT2D eigenvalue weighted by Crippen LogP contribution is 2.16. The van der Waals surface area contributed by atoms with Crippen molar-refractivity contribution in [2.75, 3.05) is 13.6 Å². The van der Waals surface area contributed by atoms with Crippen LogP contribution >= 0.6 is 0 Å². The maximum Gasteiger partial charge on any atom is 0.253 e. The van der Waals surface area contributed by atoms with Crippen molar-refractivity contribution < 1.29 is 14.0 Å². The van der Waals surface area contributed by atoms with Crippen LogP contribution in [0.1, 0.15) is 34.3 Å². The fourth-order valence-corrected chi connectivity index (χ4v) is 3.05. The Labute approximate surface area is 146 Å². The second-order valence-electron chi connectivity index (χ2n) is 6.41. The smallest absolute Gasteiger partial charge is 0.253 e. The van der Waals surface area contributed by atoms with E-state index in [1.807, 2.05) is 23.1 Å². The molecule has 0 unspecified atom stereocenters. The van der Waals surface area contributed by atoms with Crippen LogP contribution in [0.25, 0.3) is 0 Å². The number of nitrogens with zero attached hydrogens (tertiary/aromatic N) is 2. The second kappa shape index (κ2) is 7.47. The molecule has 0 atom stereocenters. The minimum absolute atomic E-state index is 0.0982. The van der Waals surface area contributed by atoms with E-state index in [1.54, 1.807) is 30.1 Å². The molecule has 2 amide bonds. The Morgan fingerprint density at radius 1 is 1.16 bits per heavy atom. The molecule has 3 rings (SSSR count). The summed E-state index contributed by atoms with van der Waals surface area (Å²) >= 11 is 0. The molecule has 0 radical (unpaired) electrons. The van der Waals surface area contributed by atoms with Gasteiger partial charge in [-0.3, -0.25) is 9.59 Å². The summed E-state index contributed by atoms with van der Waals surface area (Å²) in [6, 6.07) is 13.5. The minimum atomic E-state index is -0.290. The molecule has 1 aliphatic heterocycles. The summed E-state index contributed by atoms with van der Waals surface area (Å²) in [5, 5.41) is 0. The Hall–Kier alpha value is -2.69. The molecule has 1 aliphatic rings. The van der Waals surface area contributed by atoms with Crippen molar-refractivity contribution in [2.45, 2.75) is 25.9 Å². The fraction of sp³-hybridized carbons (Fsp3) is 0.300. The summed E-state index contributed by atoms with van der Waals surface area (Å²) < 4.78 is 13.0. The second-order valence-corrected chi connectivity index (χ2v) is 6.41. The predicted octanol–water partition coefficient (Wildman–Crippen LogP) is 3.22. The summed E-state index contributed by atoms with van der Waals surface area (Å²) in [7, 11) is 1.72. The molecule has 2 aromatic carbocycles. The maximum atomic E-state index is 13.0. The van der Waals surface area contributed by atoms with Gasteiger partial charge < -0.3 is 9.80 Å². The van der Waals surface area contributed by atoms with Crippen LogP contribution in [0.4, 0.5) is 4.39 Å². The molecule has 25 heavy (non-hydrogen) atoms. The summed E-state index contributed by atoms with van der Waals surface area (Å²) in [6.07, 6.45) is 1.51. The summed E-state index contributed by atoms with van der Waals surface area (Å²) in [4.78, 5) is 27.8. The zero-order valence-corrected chi connectivity index (χ0v) is 14.2. The van der Waals surface area contributed by atoms with Gasteiger partial charge in [0.05, 0.1) is 0 Å². The largest absolute Gasteiger partial charge is 0.338 e. The van der Waals surface area contributed by atoms with E-state index in [0.717, 1.165) is 24.1 Å². The van der Waals surface area contributed by atoms with E-state index in [9.17, 15) is 14.0 Å². The van der Waals surface area contributed by atoms with Crippen LogP contribution in [0.15, 0.2) is 48.5 Å². The van der Waals surface area contributed by atoms with E-state index in [2.05, 4.69) is 0 Å². The molecule has 1 heterocycles. The standard InChI is InChI=1S/C20H21FN2O2/c1-22(13-15-7-9-18(21)10-8-15)20(25)17-5-2-4-16(12-17)14-23-11-3-6-19(23)24/h2,4-5,7-10,12H,3,6,11,13-14H2,1H3. The lowest BCUT2D eigenvalue weighted by Gasteiger charge is -2.19. The van der Waals surface area contributed by atoms with Gasteiger partial charge >= 0.3 is 0 Å². The van der Waals surface area contributed by atoms with Gasteiger partial charge in [0.1, 0.15) is 5.82 Å². The molecule has 0 aliphatic carbocycles. The molecule has 1 fully saturated rings.